The average Bonchev–Trinajstić information content (AvgIpc) is 3.31. The summed E-state index contributed by atoms with van der Waals surface area (Å²) in [6.07, 6.45) is 0.991. The minimum absolute atomic E-state index is 0.0448. The summed E-state index contributed by atoms with van der Waals surface area (Å²) in [5.74, 6) is -1.38. The molecule has 35 heavy (non-hydrogen) atoms. The van der Waals surface area contributed by atoms with E-state index in [1.165, 1.54) is 41.3 Å². The number of carbonyl (C=O) groups excluding carboxylic acids is 2. The first-order chi connectivity index (χ1) is 16.7. The Morgan fingerprint density at radius 3 is 2.71 bits per heavy atom. The van der Waals surface area contributed by atoms with Crippen LogP contribution in [0.2, 0.25) is 5.02 Å². The fraction of sp³-hybridized carbons (Fsp3) is 0.231. The molecule has 0 fully saturated rings. The summed E-state index contributed by atoms with van der Waals surface area (Å²) < 4.78 is 28.0. The molecule has 3 aromatic rings. The van der Waals surface area contributed by atoms with Gasteiger partial charge in [-0.05, 0) is 55.0 Å². The molecule has 0 unspecified atom stereocenters. The number of amides is 3. The van der Waals surface area contributed by atoms with Crippen LogP contribution in [0.4, 0.5) is 25.0 Å². The zero-order valence-electron chi connectivity index (χ0n) is 18.7. The van der Waals surface area contributed by atoms with E-state index in [2.05, 4.69) is 10.6 Å². The van der Waals surface area contributed by atoms with Crippen molar-refractivity contribution in [2.24, 2.45) is 0 Å². The van der Waals surface area contributed by atoms with Gasteiger partial charge in [0.2, 0.25) is 0 Å². The summed E-state index contributed by atoms with van der Waals surface area (Å²) in [5, 5.41) is 17.1. The second kappa shape index (κ2) is 8.62. The summed E-state index contributed by atoms with van der Waals surface area (Å²) >= 11 is 6.31. The maximum atomic E-state index is 14.0. The molecule has 3 N–H and O–H groups in total. The number of carbonyl (C=O) groups is 2. The van der Waals surface area contributed by atoms with Crippen molar-refractivity contribution >= 4 is 34.9 Å². The molecule has 2 aliphatic heterocycles. The number of nitrogens with one attached hydrogen (secondary N) is 2. The molecule has 3 aromatic carbocycles. The molecule has 2 aliphatic rings. The molecule has 3 amide bonds. The Balaban J connectivity index is 1.52. The predicted molar refractivity (Wildman–Crippen MR) is 129 cm³/mol. The largest absolute Gasteiger partial charge is 0.383 e. The van der Waals surface area contributed by atoms with E-state index < -0.39 is 29.3 Å². The molecule has 5 rings (SSSR count). The second-order valence-electron chi connectivity index (χ2n) is 8.80. The third kappa shape index (κ3) is 3.92. The van der Waals surface area contributed by atoms with Crippen LogP contribution in [0.5, 0.6) is 0 Å². The summed E-state index contributed by atoms with van der Waals surface area (Å²) in [4.78, 5) is 27.4. The van der Waals surface area contributed by atoms with Crippen LogP contribution in [0.15, 0.2) is 54.6 Å². The normalized spacial score (nSPS) is 20.4. The highest BCUT2D eigenvalue weighted by Gasteiger charge is 2.43. The zero-order chi connectivity index (χ0) is 24.9. The van der Waals surface area contributed by atoms with Crippen LogP contribution in [-0.2, 0) is 5.60 Å². The summed E-state index contributed by atoms with van der Waals surface area (Å²) in [5.41, 5.74) is 0.878. The number of nitrogens with zero attached hydrogens (tertiary/aromatic N) is 1. The lowest BCUT2D eigenvalue weighted by Gasteiger charge is -2.24. The second-order valence-corrected chi connectivity index (χ2v) is 9.21. The Morgan fingerprint density at radius 2 is 1.94 bits per heavy atom. The van der Waals surface area contributed by atoms with E-state index in [1.807, 2.05) is 6.92 Å². The highest BCUT2D eigenvalue weighted by Crippen LogP contribution is 2.43. The van der Waals surface area contributed by atoms with Crippen LogP contribution < -0.4 is 15.5 Å². The third-order valence-corrected chi connectivity index (χ3v) is 6.85. The van der Waals surface area contributed by atoms with E-state index in [0.29, 0.717) is 46.5 Å². The van der Waals surface area contributed by atoms with Gasteiger partial charge in [0.1, 0.15) is 17.2 Å². The van der Waals surface area contributed by atoms with Crippen molar-refractivity contribution in [3.63, 3.8) is 0 Å². The van der Waals surface area contributed by atoms with Gasteiger partial charge in [0.05, 0.1) is 18.3 Å². The number of urea groups is 1. The van der Waals surface area contributed by atoms with E-state index in [1.54, 1.807) is 18.2 Å². The highest BCUT2D eigenvalue weighted by molar-refractivity contribution is 6.31. The first kappa shape index (κ1) is 23.3. The molecule has 2 atom stereocenters. The van der Waals surface area contributed by atoms with Crippen molar-refractivity contribution in [3.05, 3.63) is 93.5 Å². The number of rotatable bonds is 4. The maximum absolute atomic E-state index is 14.0. The summed E-state index contributed by atoms with van der Waals surface area (Å²) in [6.45, 7) is 1.85. The molecule has 0 aliphatic carbocycles. The third-order valence-electron chi connectivity index (χ3n) is 6.50. The van der Waals surface area contributed by atoms with Crippen LogP contribution in [0.25, 0.3) is 0 Å². The highest BCUT2D eigenvalue weighted by atomic mass is 35.5. The van der Waals surface area contributed by atoms with Gasteiger partial charge in [-0.25, -0.2) is 13.6 Å². The Hall–Kier alpha value is -3.49. The van der Waals surface area contributed by atoms with Crippen LogP contribution in [0, 0.1) is 11.6 Å². The van der Waals surface area contributed by atoms with Gasteiger partial charge in [0.15, 0.2) is 0 Å². The van der Waals surface area contributed by atoms with E-state index in [9.17, 15) is 23.5 Å². The summed E-state index contributed by atoms with van der Waals surface area (Å²) in [6, 6.07) is 11.4. The van der Waals surface area contributed by atoms with Crippen LogP contribution >= 0.6 is 11.6 Å². The molecular formula is C26H22ClF2N3O3. The Bertz CT molecular complexity index is 1370. The fourth-order valence-electron chi connectivity index (χ4n) is 4.97. The van der Waals surface area contributed by atoms with Crippen molar-refractivity contribution in [2.75, 3.05) is 16.8 Å². The lowest BCUT2D eigenvalue weighted by atomic mass is 9.91. The molecule has 9 heteroatoms. The lowest BCUT2D eigenvalue weighted by molar-refractivity contribution is 0.0443. The monoisotopic (exact) mass is 497 g/mol. The molecule has 0 radical (unpaired) electrons. The number of halogens is 3. The Morgan fingerprint density at radius 1 is 1.20 bits per heavy atom. The number of hydrogen-bond donors (Lipinski definition) is 3. The molecule has 0 spiro atoms. The van der Waals surface area contributed by atoms with Gasteiger partial charge < -0.3 is 15.7 Å². The lowest BCUT2D eigenvalue weighted by Crippen LogP contribution is -2.39. The van der Waals surface area contributed by atoms with Gasteiger partial charge in [0.25, 0.3) is 5.91 Å². The zero-order valence-corrected chi connectivity index (χ0v) is 19.5. The Labute approximate surface area is 205 Å². The number of anilines is 2. The van der Waals surface area contributed by atoms with Gasteiger partial charge in [-0.15, -0.1) is 0 Å². The average molecular weight is 498 g/mol. The van der Waals surface area contributed by atoms with Crippen LogP contribution in [0.1, 0.15) is 52.9 Å². The van der Waals surface area contributed by atoms with E-state index in [4.69, 9.17) is 11.6 Å². The standard InChI is InChI=1S/C26H22ClF2N3O3/c1-2-10-26(35)13-32(21-9-7-15(29)12-18(21)26)25(34)30-20-5-3-4-16-22(20)23(31-24(16)33)17-11-14(28)6-8-19(17)27/h3-9,11-12,23,35H,2,10,13H2,1H3,(H,30,34)(H,31,33)/t23-,26+/m1/s1. The molecular weight excluding hydrogens is 476 g/mol. The molecule has 2 heterocycles. The topological polar surface area (TPSA) is 81.7 Å². The van der Waals surface area contributed by atoms with Gasteiger partial charge in [0, 0.05) is 33.0 Å². The molecule has 180 valence electrons. The van der Waals surface area contributed by atoms with Crippen molar-refractivity contribution in [3.8, 4) is 0 Å². The van der Waals surface area contributed by atoms with Crippen molar-refractivity contribution in [2.45, 2.75) is 31.4 Å². The minimum atomic E-state index is -1.38. The quantitative estimate of drug-likeness (QED) is 0.446. The number of β-amino-alcohol motifs (C(OH)–C–C–N with tert-alkyl or cyclic N) is 1. The molecule has 0 bridgehead atoms. The van der Waals surface area contributed by atoms with Crippen molar-refractivity contribution in [1.29, 1.82) is 0 Å². The van der Waals surface area contributed by atoms with E-state index in [0.717, 1.165) is 0 Å². The fourth-order valence-corrected chi connectivity index (χ4v) is 5.20. The van der Waals surface area contributed by atoms with E-state index >= 15 is 0 Å². The number of fused-ring (bicyclic) bond motifs is 2. The molecule has 0 saturated carbocycles. The molecule has 6 nitrogen and oxygen atoms in total. The number of hydrogen-bond acceptors (Lipinski definition) is 3. The maximum Gasteiger partial charge on any atom is 0.326 e. The number of aliphatic hydroxyl groups is 1. The first-order valence-electron chi connectivity index (χ1n) is 11.2. The molecule has 0 aromatic heterocycles. The minimum Gasteiger partial charge on any atom is -0.383 e. The predicted octanol–water partition coefficient (Wildman–Crippen LogP) is 5.49. The first-order valence-corrected chi connectivity index (χ1v) is 11.6. The van der Waals surface area contributed by atoms with Crippen LogP contribution in [0.3, 0.4) is 0 Å². The molecule has 0 saturated heterocycles. The van der Waals surface area contributed by atoms with Gasteiger partial charge >= 0.3 is 6.03 Å². The Kier molecular flexibility index (Phi) is 5.73. The van der Waals surface area contributed by atoms with Gasteiger partial charge in [-0.2, -0.15) is 0 Å². The van der Waals surface area contributed by atoms with Gasteiger partial charge in [-0.1, -0.05) is 31.0 Å². The van der Waals surface area contributed by atoms with E-state index in [-0.39, 0.29) is 17.5 Å². The van der Waals surface area contributed by atoms with Crippen LogP contribution in [-0.4, -0.2) is 23.6 Å². The SMILES string of the molecule is CCC[C@]1(O)CN(C(=O)Nc2cccc3c2[C@@H](c2cc(F)ccc2Cl)NC3=O)c2ccc(F)cc21. The van der Waals surface area contributed by atoms with Crippen molar-refractivity contribution < 1.29 is 23.5 Å². The smallest absolute Gasteiger partial charge is 0.326 e. The number of benzene rings is 3. The van der Waals surface area contributed by atoms with Gasteiger partial charge in [-0.3, -0.25) is 9.69 Å². The van der Waals surface area contributed by atoms with Crippen molar-refractivity contribution in [1.82, 2.24) is 5.32 Å². The summed E-state index contributed by atoms with van der Waals surface area (Å²) in [7, 11) is 0.